The van der Waals surface area contributed by atoms with E-state index in [9.17, 15) is 0 Å². The standard InChI is InChI=1S/C14H19ClN2OS/c1-4-18-8-12(9(2)3)17-14-16-11-7-10(15)5-6-13(11)19-14/h5-7,9,12H,4,8H2,1-3H3,(H,16,17). The molecule has 0 fully saturated rings. The topological polar surface area (TPSA) is 34.1 Å². The van der Waals surface area contributed by atoms with Gasteiger partial charge in [-0.1, -0.05) is 36.8 Å². The predicted octanol–water partition coefficient (Wildman–Crippen LogP) is 4.42. The van der Waals surface area contributed by atoms with Gasteiger partial charge in [0.05, 0.1) is 22.9 Å². The quantitative estimate of drug-likeness (QED) is 0.857. The van der Waals surface area contributed by atoms with Gasteiger partial charge in [-0.05, 0) is 31.0 Å². The number of hydrogen-bond acceptors (Lipinski definition) is 4. The van der Waals surface area contributed by atoms with Gasteiger partial charge < -0.3 is 10.1 Å². The Bertz CT molecular complexity index is 541. The van der Waals surface area contributed by atoms with Crippen molar-refractivity contribution < 1.29 is 4.74 Å². The van der Waals surface area contributed by atoms with E-state index < -0.39 is 0 Å². The molecule has 19 heavy (non-hydrogen) atoms. The molecule has 0 radical (unpaired) electrons. The highest BCUT2D eigenvalue weighted by Gasteiger charge is 2.15. The summed E-state index contributed by atoms with van der Waals surface area (Å²) >= 11 is 7.63. The van der Waals surface area contributed by atoms with Gasteiger partial charge in [-0.3, -0.25) is 0 Å². The predicted molar refractivity (Wildman–Crippen MR) is 83.4 cm³/mol. The Morgan fingerprint density at radius 1 is 1.42 bits per heavy atom. The van der Waals surface area contributed by atoms with Gasteiger partial charge in [0.15, 0.2) is 5.13 Å². The average molecular weight is 299 g/mol. The van der Waals surface area contributed by atoms with Crippen molar-refractivity contribution in [2.45, 2.75) is 26.8 Å². The molecule has 0 saturated carbocycles. The second kappa shape index (κ2) is 6.55. The lowest BCUT2D eigenvalue weighted by atomic mass is 10.1. The zero-order valence-electron chi connectivity index (χ0n) is 11.4. The summed E-state index contributed by atoms with van der Waals surface area (Å²) in [6, 6.07) is 6.07. The van der Waals surface area contributed by atoms with Gasteiger partial charge in [-0.2, -0.15) is 0 Å². The Labute approximate surface area is 122 Å². The fraction of sp³-hybridized carbons (Fsp3) is 0.500. The number of hydrogen-bond donors (Lipinski definition) is 1. The van der Waals surface area contributed by atoms with Crippen LogP contribution in [0.25, 0.3) is 10.2 Å². The van der Waals surface area contributed by atoms with E-state index in [0.717, 1.165) is 27.0 Å². The Hall–Kier alpha value is -0.840. The summed E-state index contributed by atoms with van der Waals surface area (Å²) in [5.74, 6) is 0.488. The molecular weight excluding hydrogens is 280 g/mol. The van der Waals surface area contributed by atoms with E-state index in [-0.39, 0.29) is 6.04 Å². The van der Waals surface area contributed by atoms with Crippen molar-refractivity contribution in [3.63, 3.8) is 0 Å². The number of anilines is 1. The first-order chi connectivity index (χ1) is 9.10. The number of ether oxygens (including phenoxy) is 1. The van der Waals surface area contributed by atoms with E-state index in [1.807, 2.05) is 25.1 Å². The third-order valence-electron chi connectivity index (χ3n) is 2.96. The first-order valence-electron chi connectivity index (χ1n) is 6.50. The molecule has 0 bridgehead atoms. The van der Waals surface area contributed by atoms with Crippen LogP contribution in [0.15, 0.2) is 18.2 Å². The minimum Gasteiger partial charge on any atom is -0.380 e. The maximum absolute atomic E-state index is 5.98. The van der Waals surface area contributed by atoms with Gasteiger partial charge in [0.2, 0.25) is 0 Å². The minimum atomic E-state index is 0.274. The van der Waals surface area contributed by atoms with Crippen LogP contribution in [0.2, 0.25) is 5.02 Å². The van der Waals surface area contributed by atoms with E-state index in [0.29, 0.717) is 12.5 Å². The fourth-order valence-electron chi connectivity index (χ4n) is 1.77. The highest BCUT2D eigenvalue weighted by molar-refractivity contribution is 7.22. The van der Waals surface area contributed by atoms with Gasteiger partial charge in [0, 0.05) is 11.6 Å². The number of rotatable bonds is 6. The summed E-state index contributed by atoms with van der Waals surface area (Å²) in [5, 5.41) is 5.11. The third-order valence-corrected chi connectivity index (χ3v) is 4.17. The second-order valence-electron chi connectivity index (χ2n) is 4.79. The average Bonchev–Trinajstić information content (AvgIpc) is 2.75. The molecule has 1 unspecified atom stereocenters. The van der Waals surface area contributed by atoms with Crippen molar-refractivity contribution in [1.82, 2.24) is 4.98 Å². The van der Waals surface area contributed by atoms with Gasteiger partial charge >= 0.3 is 0 Å². The van der Waals surface area contributed by atoms with Crippen molar-refractivity contribution in [3.8, 4) is 0 Å². The van der Waals surface area contributed by atoms with Crippen molar-refractivity contribution in [3.05, 3.63) is 23.2 Å². The minimum absolute atomic E-state index is 0.274. The van der Waals surface area contributed by atoms with E-state index in [4.69, 9.17) is 16.3 Å². The monoisotopic (exact) mass is 298 g/mol. The molecule has 1 heterocycles. The first kappa shape index (κ1) is 14.6. The molecule has 2 aromatic rings. The first-order valence-corrected chi connectivity index (χ1v) is 7.70. The van der Waals surface area contributed by atoms with Gasteiger partial charge in [0.25, 0.3) is 0 Å². The number of aromatic nitrogens is 1. The van der Waals surface area contributed by atoms with Crippen molar-refractivity contribution in [1.29, 1.82) is 0 Å². The molecule has 104 valence electrons. The fourth-order valence-corrected chi connectivity index (χ4v) is 2.84. The van der Waals surface area contributed by atoms with Gasteiger partial charge in [-0.25, -0.2) is 4.98 Å². The Morgan fingerprint density at radius 2 is 2.21 bits per heavy atom. The molecule has 0 spiro atoms. The molecular formula is C14H19ClN2OS. The summed E-state index contributed by atoms with van der Waals surface area (Å²) in [4.78, 5) is 4.57. The molecule has 0 aliphatic heterocycles. The molecule has 0 saturated heterocycles. The zero-order valence-corrected chi connectivity index (χ0v) is 13.0. The van der Waals surface area contributed by atoms with Gasteiger partial charge in [-0.15, -0.1) is 0 Å². The smallest absolute Gasteiger partial charge is 0.184 e. The molecule has 1 aromatic carbocycles. The number of fused-ring (bicyclic) bond motifs is 1. The van der Waals surface area contributed by atoms with Crippen molar-refractivity contribution in [2.24, 2.45) is 5.92 Å². The van der Waals surface area contributed by atoms with Crippen molar-refractivity contribution >= 4 is 38.3 Å². The lowest BCUT2D eigenvalue weighted by Gasteiger charge is -2.21. The maximum atomic E-state index is 5.98. The van der Waals surface area contributed by atoms with E-state index in [2.05, 4.69) is 24.1 Å². The van der Waals surface area contributed by atoms with Crippen LogP contribution < -0.4 is 5.32 Å². The Balaban J connectivity index is 2.14. The molecule has 1 atom stereocenters. The Morgan fingerprint density at radius 3 is 2.89 bits per heavy atom. The highest BCUT2D eigenvalue weighted by Crippen LogP contribution is 2.29. The summed E-state index contributed by atoms with van der Waals surface area (Å²) in [7, 11) is 0. The maximum Gasteiger partial charge on any atom is 0.184 e. The largest absolute Gasteiger partial charge is 0.380 e. The molecule has 0 aliphatic carbocycles. The number of halogens is 1. The van der Waals surface area contributed by atoms with Crippen LogP contribution in [0.5, 0.6) is 0 Å². The molecule has 5 heteroatoms. The molecule has 2 rings (SSSR count). The SMILES string of the molecule is CCOCC(Nc1nc2cc(Cl)ccc2s1)C(C)C. The number of thiazole rings is 1. The van der Waals surface area contributed by atoms with E-state index in [1.165, 1.54) is 0 Å². The van der Waals surface area contributed by atoms with E-state index >= 15 is 0 Å². The third kappa shape index (κ3) is 3.81. The second-order valence-corrected chi connectivity index (χ2v) is 6.25. The summed E-state index contributed by atoms with van der Waals surface area (Å²) in [5.41, 5.74) is 0.943. The number of benzene rings is 1. The lowest BCUT2D eigenvalue weighted by Crippen LogP contribution is -2.30. The summed E-state index contributed by atoms with van der Waals surface area (Å²) in [6.45, 7) is 7.81. The van der Waals surface area contributed by atoms with Gasteiger partial charge in [0.1, 0.15) is 0 Å². The van der Waals surface area contributed by atoms with Crippen LogP contribution in [0, 0.1) is 5.92 Å². The molecule has 1 aromatic heterocycles. The summed E-state index contributed by atoms with van der Waals surface area (Å²) < 4.78 is 6.66. The highest BCUT2D eigenvalue weighted by atomic mass is 35.5. The normalized spacial score (nSPS) is 13.1. The number of nitrogens with one attached hydrogen (secondary N) is 1. The molecule has 3 nitrogen and oxygen atoms in total. The Kier molecular flexibility index (Phi) is 5.02. The summed E-state index contributed by atoms with van der Waals surface area (Å²) in [6.07, 6.45) is 0. The molecule has 0 aliphatic rings. The van der Waals surface area contributed by atoms with Crippen LogP contribution in [-0.2, 0) is 4.74 Å². The van der Waals surface area contributed by atoms with Crippen LogP contribution in [-0.4, -0.2) is 24.2 Å². The number of nitrogens with zero attached hydrogens (tertiary/aromatic N) is 1. The van der Waals surface area contributed by atoms with Crippen LogP contribution in [0.3, 0.4) is 0 Å². The zero-order chi connectivity index (χ0) is 13.8. The van der Waals surface area contributed by atoms with Crippen LogP contribution in [0.1, 0.15) is 20.8 Å². The van der Waals surface area contributed by atoms with E-state index in [1.54, 1.807) is 11.3 Å². The molecule has 0 amide bonds. The van der Waals surface area contributed by atoms with Crippen LogP contribution in [0.4, 0.5) is 5.13 Å². The lowest BCUT2D eigenvalue weighted by molar-refractivity contribution is 0.127. The van der Waals surface area contributed by atoms with Crippen molar-refractivity contribution in [2.75, 3.05) is 18.5 Å². The molecule has 1 N–H and O–H groups in total. The van der Waals surface area contributed by atoms with Crippen LogP contribution >= 0.6 is 22.9 Å².